The highest BCUT2D eigenvalue weighted by Crippen LogP contribution is 2.23. The Hall–Kier alpha value is -1.79. The van der Waals surface area contributed by atoms with Crippen LogP contribution in [0.2, 0.25) is 0 Å². The van der Waals surface area contributed by atoms with Crippen LogP contribution in [0.3, 0.4) is 0 Å². The van der Waals surface area contributed by atoms with E-state index in [2.05, 4.69) is 38.3 Å². The molecule has 0 fully saturated rings. The summed E-state index contributed by atoms with van der Waals surface area (Å²) in [5.74, 6) is 2.51. The van der Waals surface area contributed by atoms with Crippen molar-refractivity contribution < 1.29 is 4.74 Å². The number of aryl methyl sites for hydroxylation is 1. The number of aromatic nitrogens is 3. The average molecular weight is 404 g/mol. The van der Waals surface area contributed by atoms with Crippen LogP contribution in [0.5, 0.6) is 5.75 Å². The lowest BCUT2D eigenvalue weighted by Crippen LogP contribution is -2.04. The molecule has 0 aliphatic carbocycles. The summed E-state index contributed by atoms with van der Waals surface area (Å²) >= 11 is 5.16. The Kier molecular flexibility index (Phi) is 5.58. The number of benzene rings is 2. The molecule has 1 heterocycles. The molecule has 0 aliphatic heterocycles. The maximum absolute atomic E-state index is 5.81. The van der Waals surface area contributed by atoms with Crippen molar-refractivity contribution in [2.75, 3.05) is 0 Å². The molecule has 0 amide bonds. The van der Waals surface area contributed by atoms with Gasteiger partial charge in [-0.1, -0.05) is 52.0 Å². The van der Waals surface area contributed by atoms with Gasteiger partial charge in [-0.15, -0.1) is 10.2 Å². The van der Waals surface area contributed by atoms with E-state index in [4.69, 9.17) is 4.74 Å². The first-order chi connectivity index (χ1) is 11.6. The number of ether oxygens (including phenoxy) is 1. The minimum atomic E-state index is 0.407. The molecule has 124 valence electrons. The van der Waals surface area contributed by atoms with Crippen LogP contribution < -0.4 is 4.74 Å². The monoisotopic (exact) mass is 403 g/mol. The molecule has 0 saturated heterocycles. The fourth-order valence-corrected chi connectivity index (χ4v) is 3.54. The van der Waals surface area contributed by atoms with Gasteiger partial charge in [0, 0.05) is 17.3 Å². The molecular formula is C18H18BrN3OS. The topological polar surface area (TPSA) is 39.9 Å². The summed E-state index contributed by atoms with van der Waals surface area (Å²) in [4.78, 5) is 0. The third-order valence-electron chi connectivity index (χ3n) is 3.54. The van der Waals surface area contributed by atoms with Gasteiger partial charge in [-0.05, 0) is 42.3 Å². The molecule has 4 nitrogen and oxygen atoms in total. The second-order valence-corrected chi connectivity index (χ2v) is 7.34. The first-order valence-corrected chi connectivity index (χ1v) is 9.34. The Balaban J connectivity index is 1.61. The normalized spacial score (nSPS) is 10.8. The smallest absolute Gasteiger partial charge is 0.191 e. The van der Waals surface area contributed by atoms with E-state index >= 15 is 0 Å². The maximum Gasteiger partial charge on any atom is 0.191 e. The largest absolute Gasteiger partial charge is 0.486 e. The fourth-order valence-electron chi connectivity index (χ4n) is 2.22. The molecule has 0 unspecified atom stereocenters. The van der Waals surface area contributed by atoms with Crippen LogP contribution in [0.25, 0.3) is 0 Å². The molecule has 0 bridgehead atoms. The van der Waals surface area contributed by atoms with Gasteiger partial charge in [0.1, 0.15) is 12.4 Å². The predicted octanol–water partition coefficient (Wildman–Crippen LogP) is 4.76. The van der Waals surface area contributed by atoms with Crippen molar-refractivity contribution in [2.24, 2.45) is 7.05 Å². The van der Waals surface area contributed by atoms with E-state index in [0.29, 0.717) is 6.61 Å². The average Bonchev–Trinajstić information content (AvgIpc) is 2.91. The molecule has 1 aromatic heterocycles. The molecule has 0 spiro atoms. The first-order valence-electron chi connectivity index (χ1n) is 7.57. The lowest BCUT2D eigenvalue weighted by Gasteiger charge is -2.07. The summed E-state index contributed by atoms with van der Waals surface area (Å²) in [5, 5.41) is 9.40. The van der Waals surface area contributed by atoms with Gasteiger partial charge in [0.2, 0.25) is 0 Å². The number of nitrogens with zero attached hydrogens (tertiary/aromatic N) is 3. The molecule has 2 aromatic carbocycles. The summed E-state index contributed by atoms with van der Waals surface area (Å²) in [6.45, 7) is 2.45. The van der Waals surface area contributed by atoms with E-state index in [0.717, 1.165) is 27.0 Å². The zero-order valence-corrected chi connectivity index (χ0v) is 16.0. The Labute approximate surface area is 154 Å². The minimum Gasteiger partial charge on any atom is -0.486 e. The van der Waals surface area contributed by atoms with Gasteiger partial charge in [0.25, 0.3) is 0 Å². The molecule has 3 aromatic rings. The summed E-state index contributed by atoms with van der Waals surface area (Å²) in [5.41, 5.74) is 2.42. The van der Waals surface area contributed by atoms with Crippen LogP contribution in [-0.2, 0) is 19.4 Å². The Morgan fingerprint density at radius 3 is 2.75 bits per heavy atom. The minimum absolute atomic E-state index is 0.407. The van der Waals surface area contributed by atoms with Gasteiger partial charge >= 0.3 is 0 Å². The number of thioether (sulfide) groups is 1. The zero-order chi connectivity index (χ0) is 16.9. The maximum atomic E-state index is 5.81. The molecule has 0 radical (unpaired) electrons. The third kappa shape index (κ3) is 4.39. The highest BCUT2D eigenvalue weighted by molar-refractivity contribution is 9.10. The van der Waals surface area contributed by atoms with Gasteiger partial charge < -0.3 is 9.30 Å². The second-order valence-electron chi connectivity index (χ2n) is 5.48. The number of hydrogen-bond acceptors (Lipinski definition) is 4. The second kappa shape index (κ2) is 7.85. The molecule has 24 heavy (non-hydrogen) atoms. The van der Waals surface area contributed by atoms with Crippen molar-refractivity contribution in [3.05, 3.63) is 70.0 Å². The van der Waals surface area contributed by atoms with E-state index in [9.17, 15) is 0 Å². The van der Waals surface area contributed by atoms with Crippen LogP contribution in [0, 0.1) is 6.92 Å². The standard InChI is InChI=1S/C18H18BrN3OS/c1-13-5-3-8-16(9-13)23-11-17-20-21-18(22(17)2)24-12-14-6-4-7-15(19)10-14/h3-10H,11-12H2,1-2H3. The summed E-state index contributed by atoms with van der Waals surface area (Å²) in [6, 6.07) is 16.3. The lowest BCUT2D eigenvalue weighted by atomic mass is 10.2. The number of rotatable bonds is 6. The highest BCUT2D eigenvalue weighted by Gasteiger charge is 2.10. The molecule has 0 aliphatic rings. The quantitative estimate of drug-likeness (QED) is 0.556. The summed E-state index contributed by atoms with van der Waals surface area (Å²) in [7, 11) is 1.97. The van der Waals surface area contributed by atoms with Gasteiger partial charge in [0.15, 0.2) is 11.0 Å². The van der Waals surface area contributed by atoms with Gasteiger partial charge in [-0.2, -0.15) is 0 Å². The van der Waals surface area contributed by atoms with Gasteiger partial charge in [-0.25, -0.2) is 0 Å². The lowest BCUT2D eigenvalue weighted by molar-refractivity contribution is 0.290. The van der Waals surface area contributed by atoms with Crippen molar-refractivity contribution in [1.82, 2.24) is 14.8 Å². The van der Waals surface area contributed by atoms with Crippen LogP contribution in [0.1, 0.15) is 17.0 Å². The molecule has 0 N–H and O–H groups in total. The van der Waals surface area contributed by atoms with Crippen LogP contribution in [0.15, 0.2) is 58.2 Å². The summed E-state index contributed by atoms with van der Waals surface area (Å²) < 4.78 is 8.88. The van der Waals surface area contributed by atoms with E-state index < -0.39 is 0 Å². The van der Waals surface area contributed by atoms with Gasteiger partial charge in [-0.3, -0.25) is 0 Å². The van der Waals surface area contributed by atoms with Crippen molar-refractivity contribution >= 4 is 27.7 Å². The van der Waals surface area contributed by atoms with Crippen LogP contribution >= 0.6 is 27.7 Å². The molecule has 6 heteroatoms. The predicted molar refractivity (Wildman–Crippen MR) is 100 cm³/mol. The first kappa shape index (κ1) is 17.0. The van der Waals surface area contributed by atoms with Crippen molar-refractivity contribution in [3.63, 3.8) is 0 Å². The van der Waals surface area contributed by atoms with E-state index in [1.807, 2.05) is 54.9 Å². The molecule has 0 atom stereocenters. The number of hydrogen-bond donors (Lipinski definition) is 0. The Morgan fingerprint density at radius 1 is 1.12 bits per heavy atom. The van der Waals surface area contributed by atoms with Crippen molar-refractivity contribution in [3.8, 4) is 5.75 Å². The number of halogens is 1. The molecule has 0 saturated carbocycles. The van der Waals surface area contributed by atoms with E-state index in [1.54, 1.807) is 11.8 Å². The van der Waals surface area contributed by atoms with Gasteiger partial charge in [0.05, 0.1) is 0 Å². The summed E-state index contributed by atoms with van der Waals surface area (Å²) in [6.07, 6.45) is 0. The SMILES string of the molecule is Cc1cccc(OCc2nnc(SCc3cccc(Br)c3)n2C)c1. The molecular weight excluding hydrogens is 386 g/mol. The van der Waals surface area contributed by atoms with Crippen LogP contribution in [0.4, 0.5) is 0 Å². The van der Waals surface area contributed by atoms with E-state index in [-0.39, 0.29) is 0 Å². The third-order valence-corrected chi connectivity index (χ3v) is 5.12. The highest BCUT2D eigenvalue weighted by atomic mass is 79.9. The fraction of sp³-hybridized carbons (Fsp3) is 0.222. The van der Waals surface area contributed by atoms with Crippen LogP contribution in [-0.4, -0.2) is 14.8 Å². The Morgan fingerprint density at radius 2 is 1.96 bits per heavy atom. The molecule has 3 rings (SSSR count). The van der Waals surface area contributed by atoms with Crippen molar-refractivity contribution in [1.29, 1.82) is 0 Å². The van der Waals surface area contributed by atoms with E-state index in [1.165, 1.54) is 11.1 Å². The van der Waals surface area contributed by atoms with Crippen molar-refractivity contribution in [2.45, 2.75) is 24.4 Å². The zero-order valence-electron chi connectivity index (χ0n) is 13.6. The Bertz CT molecular complexity index is 768.